The van der Waals surface area contributed by atoms with E-state index in [-0.39, 0.29) is 23.6 Å². The highest BCUT2D eigenvalue weighted by atomic mass is 35.5. The lowest BCUT2D eigenvalue weighted by Crippen LogP contribution is -2.54. The van der Waals surface area contributed by atoms with E-state index in [1.165, 1.54) is 12.4 Å². The molecule has 0 aliphatic carbocycles. The Kier molecular flexibility index (Phi) is 5.81. The number of anilines is 1. The van der Waals surface area contributed by atoms with Crippen LogP contribution in [-0.2, 0) is 0 Å². The Balaban J connectivity index is 1.45. The predicted molar refractivity (Wildman–Crippen MR) is 113 cm³/mol. The number of nitrogens with zero attached hydrogens (tertiary/aromatic N) is 4. The van der Waals surface area contributed by atoms with Crippen LogP contribution in [0.1, 0.15) is 17.3 Å². The summed E-state index contributed by atoms with van der Waals surface area (Å²) in [6.45, 7) is 3.74. The van der Waals surface area contributed by atoms with E-state index in [0.29, 0.717) is 36.0 Å². The molecule has 6 nitrogen and oxygen atoms in total. The number of aromatic nitrogens is 2. The van der Waals surface area contributed by atoms with E-state index in [0.717, 1.165) is 0 Å². The third-order valence-corrected chi connectivity index (χ3v) is 5.20. The highest BCUT2D eigenvalue weighted by molar-refractivity contribution is 6.30. The Morgan fingerprint density at radius 2 is 1.97 bits per heavy atom. The molecule has 2 aromatic carbocycles. The second kappa shape index (κ2) is 8.67. The van der Waals surface area contributed by atoms with Crippen LogP contribution in [0.5, 0.6) is 11.6 Å². The van der Waals surface area contributed by atoms with Gasteiger partial charge in [0.15, 0.2) is 11.6 Å². The van der Waals surface area contributed by atoms with Crippen LogP contribution in [0.4, 0.5) is 10.2 Å². The molecule has 4 rings (SSSR count). The van der Waals surface area contributed by atoms with Crippen molar-refractivity contribution in [2.24, 2.45) is 0 Å². The third kappa shape index (κ3) is 4.36. The summed E-state index contributed by atoms with van der Waals surface area (Å²) in [6, 6.07) is 14.8. The lowest BCUT2D eigenvalue weighted by molar-refractivity contribution is 0.0673. The molecule has 1 amide bonds. The van der Waals surface area contributed by atoms with Crippen LogP contribution in [0.25, 0.3) is 0 Å². The van der Waals surface area contributed by atoms with Gasteiger partial charge in [-0.15, -0.1) is 0 Å². The zero-order valence-electron chi connectivity index (χ0n) is 16.3. The van der Waals surface area contributed by atoms with E-state index in [9.17, 15) is 9.18 Å². The standard InChI is InChI=1S/C22H20ClFN4O2/c1-15-13-27(9-10-28(15)22(29)16-5-4-6-17(23)11-16)20-12-21(26-14-25-20)30-19-8-3-2-7-18(19)24/h2-8,11-12,14-15H,9-10,13H2,1H3/t15-/m0/s1. The molecule has 0 spiro atoms. The van der Waals surface area contributed by atoms with Crippen LogP contribution in [0.2, 0.25) is 5.02 Å². The van der Waals surface area contributed by atoms with E-state index < -0.39 is 5.82 Å². The second-order valence-corrected chi connectivity index (χ2v) is 7.49. The Bertz CT molecular complexity index is 1060. The summed E-state index contributed by atoms with van der Waals surface area (Å²) >= 11 is 6.02. The second-order valence-electron chi connectivity index (χ2n) is 7.05. The smallest absolute Gasteiger partial charge is 0.254 e. The molecule has 1 saturated heterocycles. The lowest BCUT2D eigenvalue weighted by atomic mass is 10.1. The number of halogens is 2. The lowest BCUT2D eigenvalue weighted by Gasteiger charge is -2.40. The SMILES string of the molecule is C[C@H]1CN(c2cc(Oc3ccccc3F)ncn2)CCN1C(=O)c1cccc(Cl)c1. The van der Waals surface area contributed by atoms with Crippen LogP contribution < -0.4 is 9.64 Å². The van der Waals surface area contributed by atoms with Crippen LogP contribution in [0, 0.1) is 5.82 Å². The van der Waals surface area contributed by atoms with Crippen LogP contribution in [-0.4, -0.2) is 46.5 Å². The van der Waals surface area contributed by atoms with Crippen molar-refractivity contribution in [3.63, 3.8) is 0 Å². The molecule has 0 bridgehead atoms. The number of rotatable bonds is 4. The number of para-hydroxylation sites is 1. The van der Waals surface area contributed by atoms with E-state index >= 15 is 0 Å². The number of carbonyl (C=O) groups excluding carboxylic acids is 1. The molecule has 0 saturated carbocycles. The average molecular weight is 427 g/mol. The first-order valence-electron chi connectivity index (χ1n) is 9.57. The maximum Gasteiger partial charge on any atom is 0.254 e. The Morgan fingerprint density at radius 1 is 1.13 bits per heavy atom. The fraction of sp³-hybridized carbons (Fsp3) is 0.227. The van der Waals surface area contributed by atoms with Crippen LogP contribution in [0.3, 0.4) is 0 Å². The van der Waals surface area contributed by atoms with Crippen molar-refractivity contribution < 1.29 is 13.9 Å². The van der Waals surface area contributed by atoms with Crippen LogP contribution in [0.15, 0.2) is 60.9 Å². The van der Waals surface area contributed by atoms with E-state index in [1.807, 2.05) is 11.8 Å². The molecule has 1 aromatic heterocycles. The van der Waals surface area contributed by atoms with Gasteiger partial charge in [-0.3, -0.25) is 4.79 Å². The maximum atomic E-state index is 13.8. The van der Waals surface area contributed by atoms with Crippen molar-refractivity contribution in [3.8, 4) is 11.6 Å². The minimum atomic E-state index is -0.459. The van der Waals surface area contributed by atoms with Crippen molar-refractivity contribution in [3.05, 3.63) is 77.3 Å². The minimum absolute atomic E-state index is 0.0314. The summed E-state index contributed by atoms with van der Waals surface area (Å²) in [6.07, 6.45) is 1.39. The minimum Gasteiger partial charge on any atom is -0.436 e. The summed E-state index contributed by atoms with van der Waals surface area (Å²) in [5.41, 5.74) is 0.574. The average Bonchev–Trinajstić information content (AvgIpc) is 2.75. The van der Waals surface area contributed by atoms with Crippen LogP contribution >= 0.6 is 11.6 Å². The molecule has 30 heavy (non-hydrogen) atoms. The number of hydrogen-bond acceptors (Lipinski definition) is 5. The van der Waals surface area contributed by atoms with Gasteiger partial charge in [0.05, 0.1) is 0 Å². The molecule has 1 aliphatic rings. The van der Waals surface area contributed by atoms with Gasteiger partial charge in [0, 0.05) is 42.3 Å². The van der Waals surface area contributed by atoms with E-state index in [2.05, 4.69) is 14.9 Å². The van der Waals surface area contributed by atoms with E-state index in [4.69, 9.17) is 16.3 Å². The van der Waals surface area contributed by atoms with Gasteiger partial charge in [0.2, 0.25) is 5.88 Å². The van der Waals surface area contributed by atoms with Gasteiger partial charge in [-0.05, 0) is 37.3 Å². The Hall–Kier alpha value is -3.19. The van der Waals surface area contributed by atoms with Gasteiger partial charge < -0.3 is 14.5 Å². The van der Waals surface area contributed by atoms with Crippen molar-refractivity contribution in [1.29, 1.82) is 0 Å². The Morgan fingerprint density at radius 3 is 2.73 bits per heavy atom. The van der Waals surface area contributed by atoms with Crippen molar-refractivity contribution >= 4 is 23.3 Å². The number of carbonyl (C=O) groups is 1. The number of amides is 1. The Labute approximate surface area is 178 Å². The molecule has 0 radical (unpaired) electrons. The van der Waals surface area contributed by atoms with Gasteiger partial charge in [-0.25, -0.2) is 14.4 Å². The maximum absolute atomic E-state index is 13.8. The molecule has 154 valence electrons. The molecule has 0 N–H and O–H groups in total. The monoisotopic (exact) mass is 426 g/mol. The highest BCUT2D eigenvalue weighted by Gasteiger charge is 2.29. The first-order valence-corrected chi connectivity index (χ1v) is 9.95. The summed E-state index contributed by atoms with van der Waals surface area (Å²) < 4.78 is 19.4. The van der Waals surface area contributed by atoms with Gasteiger partial charge >= 0.3 is 0 Å². The van der Waals surface area contributed by atoms with Crippen molar-refractivity contribution in [1.82, 2.24) is 14.9 Å². The zero-order chi connectivity index (χ0) is 21.1. The largest absolute Gasteiger partial charge is 0.436 e. The van der Waals surface area contributed by atoms with E-state index in [1.54, 1.807) is 48.5 Å². The molecular formula is C22H20ClFN4O2. The number of benzene rings is 2. The molecule has 1 aliphatic heterocycles. The topological polar surface area (TPSA) is 58.6 Å². The zero-order valence-corrected chi connectivity index (χ0v) is 17.1. The summed E-state index contributed by atoms with van der Waals surface area (Å²) in [4.78, 5) is 25.2. The summed E-state index contributed by atoms with van der Waals surface area (Å²) in [5, 5.41) is 0.538. The van der Waals surface area contributed by atoms with Gasteiger partial charge in [0.25, 0.3) is 5.91 Å². The van der Waals surface area contributed by atoms with Crippen molar-refractivity contribution in [2.75, 3.05) is 24.5 Å². The molecule has 2 heterocycles. The summed E-state index contributed by atoms with van der Waals surface area (Å²) in [5.74, 6) is 0.524. The first-order chi connectivity index (χ1) is 14.5. The molecule has 1 fully saturated rings. The number of ether oxygens (including phenoxy) is 1. The van der Waals surface area contributed by atoms with Gasteiger partial charge in [-0.1, -0.05) is 29.8 Å². The molecular weight excluding hydrogens is 407 g/mol. The normalized spacial score (nSPS) is 16.4. The van der Waals surface area contributed by atoms with Crippen molar-refractivity contribution in [2.45, 2.75) is 13.0 Å². The van der Waals surface area contributed by atoms with Gasteiger partial charge in [-0.2, -0.15) is 0 Å². The molecule has 0 unspecified atom stereocenters. The quantitative estimate of drug-likeness (QED) is 0.618. The number of piperazine rings is 1. The number of hydrogen-bond donors (Lipinski definition) is 0. The predicted octanol–water partition coefficient (Wildman–Crippen LogP) is 4.41. The van der Waals surface area contributed by atoms with Gasteiger partial charge in [0.1, 0.15) is 12.1 Å². The third-order valence-electron chi connectivity index (χ3n) is 4.96. The fourth-order valence-electron chi connectivity index (χ4n) is 3.45. The first kappa shape index (κ1) is 20.1. The fourth-order valence-corrected chi connectivity index (χ4v) is 3.64. The summed E-state index contributed by atoms with van der Waals surface area (Å²) in [7, 11) is 0. The highest BCUT2D eigenvalue weighted by Crippen LogP contribution is 2.26. The molecule has 3 aromatic rings. The molecule has 8 heteroatoms. The molecule has 1 atom stereocenters.